The standard InChI is InChI=1S/C28H38N8O4/c1-7-9-10-20(5)26(39)36(23-11-12-24(37)33-25(23)38)27(40)34-35-18-21(17-32-35)22(16-29)30-15-13-28(6,19(3)4)31-14-8-2/h8-10,13,15-19,23,29,31H,2,5,7,11-12,14H2,1,3-4,6H3,(H,34,40)(H,33,37,38)/b10-9-,15-13+,29-16?,30-22?. The van der Waals surface area contributed by atoms with Gasteiger partial charge < -0.3 is 10.7 Å². The van der Waals surface area contributed by atoms with Gasteiger partial charge in [0.25, 0.3) is 5.91 Å². The summed E-state index contributed by atoms with van der Waals surface area (Å²) in [6, 6.07) is -2.14. The minimum Gasteiger partial charge on any atom is -0.306 e. The molecule has 1 aromatic heterocycles. The van der Waals surface area contributed by atoms with E-state index in [1.807, 2.05) is 19.9 Å². The molecule has 0 aromatic carbocycles. The van der Waals surface area contributed by atoms with Crippen molar-refractivity contribution >= 4 is 35.7 Å². The molecule has 214 valence electrons. The summed E-state index contributed by atoms with van der Waals surface area (Å²) in [5, 5.41) is 17.4. The van der Waals surface area contributed by atoms with Crippen LogP contribution in [0.1, 0.15) is 52.5 Å². The van der Waals surface area contributed by atoms with Crippen LogP contribution in [-0.2, 0) is 14.4 Å². The molecule has 2 atom stereocenters. The molecule has 1 aliphatic heterocycles. The van der Waals surface area contributed by atoms with Crippen LogP contribution in [0.5, 0.6) is 0 Å². The molecule has 4 N–H and O–H groups in total. The van der Waals surface area contributed by atoms with E-state index in [0.29, 0.717) is 18.5 Å². The number of piperidine rings is 1. The molecule has 2 unspecified atom stereocenters. The zero-order valence-corrected chi connectivity index (χ0v) is 23.4. The number of rotatable bonds is 13. The summed E-state index contributed by atoms with van der Waals surface area (Å²) in [6.07, 6.45) is 12.9. The first-order chi connectivity index (χ1) is 19.0. The molecule has 0 spiro atoms. The van der Waals surface area contributed by atoms with Crippen LogP contribution in [0.2, 0.25) is 0 Å². The second-order valence-corrected chi connectivity index (χ2v) is 9.65. The van der Waals surface area contributed by atoms with Crippen molar-refractivity contribution in [3.05, 3.63) is 67.2 Å². The number of aromatic nitrogens is 2. The Morgan fingerprint density at radius 1 is 1.40 bits per heavy atom. The van der Waals surface area contributed by atoms with Crippen molar-refractivity contribution in [3.63, 3.8) is 0 Å². The summed E-state index contributed by atoms with van der Waals surface area (Å²) >= 11 is 0. The van der Waals surface area contributed by atoms with Crippen molar-refractivity contribution in [2.45, 2.75) is 58.5 Å². The number of aliphatic imine (C=N–C) groups is 1. The van der Waals surface area contributed by atoms with Crippen molar-refractivity contribution in [1.82, 2.24) is 25.4 Å². The van der Waals surface area contributed by atoms with E-state index in [1.54, 1.807) is 18.4 Å². The Morgan fingerprint density at radius 3 is 2.73 bits per heavy atom. The maximum absolute atomic E-state index is 13.2. The third-order valence-corrected chi connectivity index (χ3v) is 6.48. The van der Waals surface area contributed by atoms with Gasteiger partial charge in [-0.15, -0.1) is 6.58 Å². The fourth-order valence-electron chi connectivity index (χ4n) is 3.67. The summed E-state index contributed by atoms with van der Waals surface area (Å²) < 4.78 is 0. The highest BCUT2D eigenvalue weighted by Gasteiger charge is 2.39. The number of nitrogens with one attached hydrogen (secondary N) is 4. The Bertz CT molecular complexity index is 1240. The van der Waals surface area contributed by atoms with Crippen LogP contribution in [0, 0.1) is 11.3 Å². The zero-order chi connectivity index (χ0) is 29.9. The SMILES string of the molecule is C=CCNC(C)(/C=C/N=C(C=N)c1cnn(NC(=O)N(C(=O)C(=C)/C=C\CC)C2CCC(=O)NC2=O)c1)C(C)C. The lowest BCUT2D eigenvalue weighted by Gasteiger charge is -2.31. The lowest BCUT2D eigenvalue weighted by molar-refractivity contribution is -0.141. The van der Waals surface area contributed by atoms with Crippen molar-refractivity contribution < 1.29 is 19.2 Å². The number of hydrogen-bond acceptors (Lipinski definition) is 8. The highest BCUT2D eigenvalue weighted by atomic mass is 16.2. The summed E-state index contributed by atoms with van der Waals surface area (Å²) in [4.78, 5) is 56.7. The minimum absolute atomic E-state index is 0.00356. The molecule has 0 bridgehead atoms. The minimum atomic E-state index is -1.21. The number of imide groups is 2. The Labute approximate surface area is 234 Å². The third-order valence-electron chi connectivity index (χ3n) is 6.48. The van der Waals surface area contributed by atoms with Crippen LogP contribution in [0.3, 0.4) is 0 Å². The number of amides is 5. The molecule has 2 rings (SSSR count). The van der Waals surface area contributed by atoms with Crippen molar-refractivity contribution in [3.8, 4) is 0 Å². The van der Waals surface area contributed by atoms with Crippen LogP contribution >= 0.6 is 0 Å². The largest absolute Gasteiger partial charge is 0.345 e. The van der Waals surface area contributed by atoms with E-state index in [4.69, 9.17) is 5.41 Å². The van der Waals surface area contributed by atoms with Gasteiger partial charge in [-0.3, -0.25) is 24.7 Å². The lowest BCUT2D eigenvalue weighted by Crippen LogP contribution is -2.58. The third kappa shape index (κ3) is 8.27. The second-order valence-electron chi connectivity index (χ2n) is 9.65. The maximum Gasteiger partial charge on any atom is 0.345 e. The first kappa shape index (κ1) is 31.8. The first-order valence-electron chi connectivity index (χ1n) is 13.0. The van der Waals surface area contributed by atoms with E-state index < -0.39 is 29.8 Å². The van der Waals surface area contributed by atoms with Crippen molar-refractivity contribution in [1.29, 1.82) is 5.41 Å². The molecule has 0 saturated carbocycles. The number of nitrogens with zero attached hydrogens (tertiary/aromatic N) is 4. The molecule has 40 heavy (non-hydrogen) atoms. The van der Waals surface area contributed by atoms with Gasteiger partial charge in [0.05, 0.1) is 18.1 Å². The number of carbonyl (C=O) groups excluding carboxylic acids is 4. The van der Waals surface area contributed by atoms with E-state index in [9.17, 15) is 19.2 Å². The van der Waals surface area contributed by atoms with Crippen molar-refractivity contribution in [2.24, 2.45) is 10.9 Å². The molecule has 12 nitrogen and oxygen atoms in total. The predicted molar refractivity (Wildman–Crippen MR) is 154 cm³/mol. The number of allylic oxidation sites excluding steroid dienone is 1. The number of carbonyl (C=O) groups is 4. The van der Waals surface area contributed by atoms with Gasteiger partial charge >= 0.3 is 6.03 Å². The van der Waals surface area contributed by atoms with Crippen LogP contribution in [0.25, 0.3) is 0 Å². The summed E-state index contributed by atoms with van der Waals surface area (Å²) in [7, 11) is 0. The second kappa shape index (κ2) is 14.6. The van der Waals surface area contributed by atoms with Gasteiger partial charge in [0.2, 0.25) is 11.8 Å². The molecule has 2 heterocycles. The average Bonchev–Trinajstić information content (AvgIpc) is 3.37. The van der Waals surface area contributed by atoms with E-state index in [1.165, 1.54) is 18.5 Å². The van der Waals surface area contributed by atoms with Gasteiger partial charge in [-0.2, -0.15) is 9.89 Å². The van der Waals surface area contributed by atoms with E-state index in [0.717, 1.165) is 15.9 Å². The smallest absolute Gasteiger partial charge is 0.306 e. The Balaban J connectivity index is 2.28. The van der Waals surface area contributed by atoms with Crippen LogP contribution in [-0.4, -0.2) is 68.6 Å². The topological polar surface area (TPSA) is 162 Å². The summed E-state index contributed by atoms with van der Waals surface area (Å²) in [6.45, 7) is 16.1. The number of hydrogen-bond donors (Lipinski definition) is 4. The first-order valence-corrected chi connectivity index (χ1v) is 13.0. The monoisotopic (exact) mass is 550 g/mol. The van der Waals surface area contributed by atoms with E-state index >= 15 is 0 Å². The Morgan fingerprint density at radius 2 is 2.12 bits per heavy atom. The predicted octanol–water partition coefficient (Wildman–Crippen LogP) is 2.85. The summed E-state index contributed by atoms with van der Waals surface area (Å²) in [5.41, 5.74) is 2.81. The number of urea groups is 1. The van der Waals surface area contributed by atoms with Gasteiger partial charge in [-0.25, -0.2) is 15.1 Å². The van der Waals surface area contributed by atoms with E-state index in [-0.39, 0.29) is 35.6 Å². The zero-order valence-electron chi connectivity index (χ0n) is 23.4. The highest BCUT2D eigenvalue weighted by Crippen LogP contribution is 2.19. The van der Waals surface area contributed by atoms with E-state index in [2.05, 4.69) is 53.2 Å². The van der Waals surface area contributed by atoms with Gasteiger partial charge in [-0.1, -0.05) is 45.6 Å². The molecule has 0 aliphatic carbocycles. The molecule has 1 aromatic rings. The molecular weight excluding hydrogens is 512 g/mol. The molecule has 5 amide bonds. The van der Waals surface area contributed by atoms with Gasteiger partial charge in [0.1, 0.15) is 6.04 Å². The molecular formula is C28H38N8O4. The van der Waals surface area contributed by atoms with Gasteiger partial charge in [0.15, 0.2) is 0 Å². The fraction of sp³-hybridized carbons (Fsp3) is 0.393. The quantitative estimate of drug-likeness (QED) is 0.0971. The van der Waals surface area contributed by atoms with Gasteiger partial charge in [0, 0.05) is 42.1 Å². The average molecular weight is 551 g/mol. The highest BCUT2D eigenvalue weighted by molar-refractivity contribution is 6.37. The van der Waals surface area contributed by atoms with Crippen LogP contribution in [0.15, 0.2) is 66.6 Å². The Hall–Kier alpha value is -4.45. The fourth-order valence-corrected chi connectivity index (χ4v) is 3.67. The molecule has 1 aliphatic rings. The molecule has 12 heteroatoms. The Kier molecular flexibility index (Phi) is 11.6. The van der Waals surface area contributed by atoms with Crippen LogP contribution < -0.4 is 16.1 Å². The van der Waals surface area contributed by atoms with Gasteiger partial charge in [-0.05, 0) is 31.8 Å². The molecule has 1 saturated heterocycles. The summed E-state index contributed by atoms with van der Waals surface area (Å²) in [5.74, 6) is -1.76. The molecule has 1 fully saturated rings. The van der Waals surface area contributed by atoms with Crippen LogP contribution in [0.4, 0.5) is 4.79 Å². The lowest BCUT2D eigenvalue weighted by atomic mass is 9.88. The maximum atomic E-state index is 13.2. The molecule has 0 radical (unpaired) electrons. The normalized spacial score (nSPS) is 17.5. The van der Waals surface area contributed by atoms with Crippen molar-refractivity contribution in [2.75, 3.05) is 12.0 Å².